The molecule has 3 N–H and O–H groups in total. The minimum Gasteiger partial charge on any atom is -0.488 e. The maximum atomic E-state index is 5.94. The van der Waals surface area contributed by atoms with Crippen LogP contribution in [-0.4, -0.2) is 16.5 Å². The molecule has 0 bridgehead atoms. The summed E-state index contributed by atoms with van der Waals surface area (Å²) in [7, 11) is 0. The molecule has 5 nitrogen and oxygen atoms in total. The molecule has 0 radical (unpaired) electrons. The molecular formula is C21H19ClN4OS. The molecule has 4 rings (SSSR count). The van der Waals surface area contributed by atoms with Gasteiger partial charge in [0.1, 0.15) is 24.5 Å². The average Bonchev–Trinajstić information content (AvgIpc) is 3.13. The summed E-state index contributed by atoms with van der Waals surface area (Å²) in [5, 5.41) is 4.31. The van der Waals surface area contributed by atoms with E-state index >= 15 is 0 Å². The van der Waals surface area contributed by atoms with Gasteiger partial charge in [-0.15, -0.1) is 11.3 Å². The highest BCUT2D eigenvalue weighted by Crippen LogP contribution is 2.24. The predicted octanol–water partition coefficient (Wildman–Crippen LogP) is 5.16. The summed E-state index contributed by atoms with van der Waals surface area (Å²) >= 11 is 7.47. The fraction of sp³-hybridized carbons (Fsp3) is 0.143. The van der Waals surface area contributed by atoms with Crippen LogP contribution in [0, 0.1) is 0 Å². The average molecular weight is 411 g/mol. The second-order valence-corrected chi connectivity index (χ2v) is 8.11. The SMILES string of the molecule is Nc1ccc2ncnc(NCCc3ccc(OCc4ccc(Cl)s4)cc3)c2c1. The first-order valence-corrected chi connectivity index (χ1v) is 10.1. The standard InChI is InChI=1S/C21H19ClN4OS/c22-20-8-6-17(28-20)12-27-16-4-1-14(2-5-16)9-10-24-21-18-11-15(23)3-7-19(18)25-13-26-21/h1-8,11,13H,9-10,12,23H2,(H,24,25,26). The van der Waals surface area contributed by atoms with Gasteiger partial charge >= 0.3 is 0 Å². The van der Waals surface area contributed by atoms with Crippen LogP contribution in [0.3, 0.4) is 0 Å². The number of aromatic nitrogens is 2. The van der Waals surface area contributed by atoms with Crippen LogP contribution in [0.1, 0.15) is 10.4 Å². The monoisotopic (exact) mass is 410 g/mol. The first-order valence-electron chi connectivity index (χ1n) is 8.87. The molecule has 142 valence electrons. The number of thiophene rings is 1. The van der Waals surface area contributed by atoms with Crippen molar-refractivity contribution in [2.75, 3.05) is 17.6 Å². The van der Waals surface area contributed by atoms with Crippen LogP contribution in [0.5, 0.6) is 5.75 Å². The Morgan fingerprint density at radius 1 is 1.04 bits per heavy atom. The van der Waals surface area contributed by atoms with Gasteiger partial charge in [0.2, 0.25) is 0 Å². The van der Waals surface area contributed by atoms with Crippen LogP contribution in [0.2, 0.25) is 4.34 Å². The zero-order valence-electron chi connectivity index (χ0n) is 15.1. The van der Waals surface area contributed by atoms with E-state index in [2.05, 4.69) is 27.4 Å². The van der Waals surface area contributed by atoms with Crippen LogP contribution in [0.15, 0.2) is 60.9 Å². The van der Waals surface area contributed by atoms with E-state index < -0.39 is 0 Å². The van der Waals surface area contributed by atoms with Crippen molar-refractivity contribution in [1.82, 2.24) is 9.97 Å². The number of hydrogen-bond donors (Lipinski definition) is 2. The number of hydrogen-bond acceptors (Lipinski definition) is 6. The number of anilines is 2. The minimum absolute atomic E-state index is 0.530. The summed E-state index contributed by atoms with van der Waals surface area (Å²) in [6.45, 7) is 1.29. The van der Waals surface area contributed by atoms with Crippen molar-refractivity contribution >= 4 is 45.3 Å². The molecule has 2 aromatic carbocycles. The summed E-state index contributed by atoms with van der Waals surface area (Å²) in [6, 6.07) is 17.6. The lowest BCUT2D eigenvalue weighted by atomic mass is 10.1. The molecule has 0 saturated carbocycles. The summed E-state index contributed by atoms with van der Waals surface area (Å²) in [4.78, 5) is 9.72. The predicted molar refractivity (Wildman–Crippen MR) is 116 cm³/mol. The molecule has 7 heteroatoms. The smallest absolute Gasteiger partial charge is 0.137 e. The molecule has 4 aromatic rings. The summed E-state index contributed by atoms with van der Waals surface area (Å²) in [5.74, 6) is 1.64. The van der Waals surface area contributed by atoms with E-state index in [9.17, 15) is 0 Å². The summed E-state index contributed by atoms with van der Waals surface area (Å²) < 4.78 is 6.58. The number of nitrogens with zero attached hydrogens (tertiary/aromatic N) is 2. The molecule has 0 saturated heterocycles. The summed E-state index contributed by atoms with van der Waals surface area (Å²) in [5.41, 5.74) is 8.68. The minimum atomic E-state index is 0.530. The molecule has 0 unspecified atom stereocenters. The normalized spacial score (nSPS) is 10.9. The topological polar surface area (TPSA) is 73.1 Å². The van der Waals surface area contributed by atoms with Gasteiger partial charge in [-0.1, -0.05) is 23.7 Å². The lowest BCUT2D eigenvalue weighted by molar-refractivity contribution is 0.310. The second-order valence-electron chi connectivity index (χ2n) is 6.31. The first-order chi connectivity index (χ1) is 13.7. The largest absolute Gasteiger partial charge is 0.488 e. The van der Waals surface area contributed by atoms with E-state index in [0.717, 1.165) is 44.6 Å². The van der Waals surface area contributed by atoms with Gasteiger partial charge < -0.3 is 15.8 Å². The molecule has 0 aliphatic heterocycles. The quantitative estimate of drug-likeness (QED) is 0.411. The molecule has 2 heterocycles. The summed E-state index contributed by atoms with van der Waals surface area (Å²) in [6.07, 6.45) is 2.43. The Hall–Kier alpha value is -2.83. The number of nitrogens with one attached hydrogen (secondary N) is 1. The van der Waals surface area contributed by atoms with E-state index in [4.69, 9.17) is 22.1 Å². The fourth-order valence-electron chi connectivity index (χ4n) is 2.88. The molecule has 0 aliphatic carbocycles. The number of ether oxygens (including phenoxy) is 1. The highest BCUT2D eigenvalue weighted by molar-refractivity contribution is 7.16. The lowest BCUT2D eigenvalue weighted by Crippen LogP contribution is -2.07. The zero-order valence-corrected chi connectivity index (χ0v) is 16.6. The lowest BCUT2D eigenvalue weighted by Gasteiger charge is -2.09. The second kappa shape index (κ2) is 8.46. The van der Waals surface area contributed by atoms with Crippen molar-refractivity contribution in [3.05, 3.63) is 75.7 Å². The first kappa shape index (κ1) is 18.5. The molecular weight excluding hydrogens is 392 g/mol. The zero-order chi connectivity index (χ0) is 19.3. The van der Waals surface area contributed by atoms with Crippen LogP contribution >= 0.6 is 22.9 Å². The number of nitrogens with two attached hydrogens (primary N) is 1. The maximum absolute atomic E-state index is 5.94. The number of benzene rings is 2. The molecule has 2 aromatic heterocycles. The van der Waals surface area contributed by atoms with Gasteiger partial charge in [0, 0.05) is 22.5 Å². The van der Waals surface area contributed by atoms with Crippen LogP contribution in [0.25, 0.3) is 10.9 Å². The van der Waals surface area contributed by atoms with Gasteiger partial charge in [0.25, 0.3) is 0 Å². The third-order valence-corrected chi connectivity index (χ3v) is 5.50. The highest BCUT2D eigenvalue weighted by atomic mass is 35.5. The van der Waals surface area contributed by atoms with Crippen LogP contribution in [-0.2, 0) is 13.0 Å². The van der Waals surface area contributed by atoms with E-state index in [1.807, 2.05) is 42.5 Å². The van der Waals surface area contributed by atoms with Gasteiger partial charge in [-0.25, -0.2) is 9.97 Å². The van der Waals surface area contributed by atoms with Crippen molar-refractivity contribution in [2.45, 2.75) is 13.0 Å². The van der Waals surface area contributed by atoms with Crippen molar-refractivity contribution in [1.29, 1.82) is 0 Å². The molecule has 0 atom stereocenters. The van der Waals surface area contributed by atoms with Crippen molar-refractivity contribution in [3.8, 4) is 5.75 Å². The van der Waals surface area contributed by atoms with Crippen LogP contribution < -0.4 is 15.8 Å². The Balaban J connectivity index is 1.32. The van der Waals surface area contributed by atoms with Crippen LogP contribution in [0.4, 0.5) is 11.5 Å². The maximum Gasteiger partial charge on any atom is 0.137 e. The Labute approximate surface area is 172 Å². The van der Waals surface area contributed by atoms with E-state index in [0.29, 0.717) is 12.3 Å². The Bertz CT molecular complexity index is 1080. The molecule has 28 heavy (non-hydrogen) atoms. The van der Waals surface area contributed by atoms with Gasteiger partial charge in [0.15, 0.2) is 0 Å². The number of nitrogen functional groups attached to an aromatic ring is 1. The molecule has 0 fully saturated rings. The van der Waals surface area contributed by atoms with E-state index in [1.54, 1.807) is 6.33 Å². The van der Waals surface area contributed by atoms with Crippen molar-refractivity contribution in [3.63, 3.8) is 0 Å². The number of halogens is 1. The van der Waals surface area contributed by atoms with Crippen molar-refractivity contribution in [2.24, 2.45) is 0 Å². The van der Waals surface area contributed by atoms with Gasteiger partial charge in [-0.3, -0.25) is 0 Å². The fourth-order valence-corrected chi connectivity index (χ4v) is 3.88. The highest BCUT2D eigenvalue weighted by Gasteiger charge is 2.04. The Morgan fingerprint density at radius 2 is 1.89 bits per heavy atom. The van der Waals surface area contributed by atoms with Gasteiger partial charge in [0.05, 0.1) is 9.85 Å². The van der Waals surface area contributed by atoms with Gasteiger partial charge in [-0.2, -0.15) is 0 Å². The van der Waals surface area contributed by atoms with Crippen molar-refractivity contribution < 1.29 is 4.74 Å². The van der Waals surface area contributed by atoms with E-state index in [-0.39, 0.29) is 0 Å². The number of rotatable bonds is 7. The van der Waals surface area contributed by atoms with E-state index in [1.165, 1.54) is 16.9 Å². The Kier molecular flexibility index (Phi) is 5.60. The van der Waals surface area contributed by atoms with Gasteiger partial charge in [-0.05, 0) is 54.4 Å². The Morgan fingerprint density at radius 3 is 2.68 bits per heavy atom. The molecule has 0 spiro atoms. The number of fused-ring (bicyclic) bond motifs is 1. The molecule has 0 amide bonds. The third kappa shape index (κ3) is 4.52. The third-order valence-electron chi connectivity index (χ3n) is 4.30. The molecule has 0 aliphatic rings.